The van der Waals surface area contributed by atoms with Crippen molar-refractivity contribution in [3.63, 3.8) is 0 Å². The lowest BCUT2D eigenvalue weighted by Crippen LogP contribution is -2.21. The van der Waals surface area contributed by atoms with Crippen LogP contribution in [-0.2, 0) is 17.9 Å². The third-order valence-electron chi connectivity index (χ3n) is 4.88. The third-order valence-corrected chi connectivity index (χ3v) is 5.21. The van der Waals surface area contributed by atoms with Gasteiger partial charge in [0, 0.05) is 5.56 Å². The minimum Gasteiger partial charge on any atom is -0.497 e. The van der Waals surface area contributed by atoms with Crippen LogP contribution in [-0.4, -0.2) is 27.0 Å². The molecule has 0 N–H and O–H groups in total. The van der Waals surface area contributed by atoms with Gasteiger partial charge in [-0.25, -0.2) is 0 Å². The Morgan fingerprint density at radius 1 is 1.14 bits per heavy atom. The van der Waals surface area contributed by atoms with Gasteiger partial charge in [-0.3, -0.25) is 4.68 Å². The van der Waals surface area contributed by atoms with E-state index >= 15 is 0 Å². The van der Waals surface area contributed by atoms with Gasteiger partial charge in [0.05, 0.1) is 31.0 Å². The van der Waals surface area contributed by atoms with Crippen LogP contribution >= 0.6 is 11.6 Å². The summed E-state index contributed by atoms with van der Waals surface area (Å²) in [5.41, 5.74) is 3.37. The summed E-state index contributed by atoms with van der Waals surface area (Å²) in [7, 11) is 1.65. The number of rotatable bonds is 4. The van der Waals surface area contributed by atoms with Crippen molar-refractivity contribution in [3.05, 3.63) is 70.9 Å². The van der Waals surface area contributed by atoms with Gasteiger partial charge in [-0.2, -0.15) is 10.1 Å². The molecule has 0 aliphatic carbocycles. The molecule has 0 bridgehead atoms. The third kappa shape index (κ3) is 3.39. The normalized spacial score (nSPS) is 15.9. The Balaban J connectivity index is 1.39. The van der Waals surface area contributed by atoms with E-state index in [1.165, 1.54) is 0 Å². The van der Waals surface area contributed by atoms with Crippen molar-refractivity contribution >= 4 is 11.6 Å². The minimum atomic E-state index is -0.0810. The molecule has 1 aliphatic heterocycles. The number of methoxy groups -OCH3 is 1. The quantitative estimate of drug-likeness (QED) is 0.493. The van der Waals surface area contributed by atoms with Crippen LogP contribution in [0.15, 0.2) is 59.1 Å². The molecule has 1 atom stereocenters. The smallest absolute Gasteiger partial charge is 0.278 e. The lowest BCUT2D eigenvalue weighted by molar-refractivity contribution is -0.00115. The second-order valence-electron chi connectivity index (χ2n) is 6.68. The first-order chi connectivity index (χ1) is 14.2. The summed E-state index contributed by atoms with van der Waals surface area (Å²) >= 11 is 6.22. The molecule has 146 valence electrons. The molecule has 0 radical (unpaired) electrons. The maximum atomic E-state index is 6.22. The number of fused-ring (bicyclic) bond motifs is 1. The molecule has 0 amide bonds. The summed E-state index contributed by atoms with van der Waals surface area (Å²) in [5.74, 6) is 1.60. The highest BCUT2D eigenvalue weighted by atomic mass is 35.5. The zero-order valence-electron chi connectivity index (χ0n) is 15.6. The van der Waals surface area contributed by atoms with Crippen LogP contribution < -0.4 is 4.74 Å². The van der Waals surface area contributed by atoms with Crippen molar-refractivity contribution in [2.75, 3.05) is 7.11 Å². The van der Waals surface area contributed by atoms with Crippen LogP contribution in [0.3, 0.4) is 0 Å². The lowest BCUT2D eigenvalue weighted by atomic mass is 10.1. The first kappa shape index (κ1) is 17.9. The molecule has 2 aromatic carbocycles. The van der Waals surface area contributed by atoms with Gasteiger partial charge in [-0.05, 0) is 35.9 Å². The van der Waals surface area contributed by atoms with E-state index in [1.54, 1.807) is 13.2 Å². The van der Waals surface area contributed by atoms with E-state index in [4.69, 9.17) is 25.6 Å². The summed E-state index contributed by atoms with van der Waals surface area (Å²) in [6.45, 7) is 1.06. The Bertz CT molecular complexity index is 1150. The first-order valence-corrected chi connectivity index (χ1v) is 9.50. The maximum Gasteiger partial charge on any atom is 0.278 e. The first-order valence-electron chi connectivity index (χ1n) is 9.12. The molecule has 2 aromatic heterocycles. The van der Waals surface area contributed by atoms with Gasteiger partial charge in [-0.1, -0.05) is 41.0 Å². The molecule has 0 spiro atoms. The number of hydrogen-bond acceptors (Lipinski definition) is 6. The monoisotopic (exact) mass is 408 g/mol. The van der Waals surface area contributed by atoms with Gasteiger partial charge < -0.3 is 14.0 Å². The van der Waals surface area contributed by atoms with Crippen LogP contribution in [0.25, 0.3) is 23.0 Å². The van der Waals surface area contributed by atoms with Crippen LogP contribution in [0.2, 0.25) is 5.02 Å². The summed E-state index contributed by atoms with van der Waals surface area (Å²) in [5, 5.41) is 9.26. The molecule has 5 rings (SSSR count). The van der Waals surface area contributed by atoms with E-state index in [9.17, 15) is 0 Å². The summed E-state index contributed by atoms with van der Waals surface area (Å²) in [6, 6.07) is 17.2. The summed E-state index contributed by atoms with van der Waals surface area (Å²) < 4.78 is 18.6. The van der Waals surface area contributed by atoms with Gasteiger partial charge in [-0.15, -0.1) is 0 Å². The van der Waals surface area contributed by atoms with Crippen molar-refractivity contribution in [2.45, 2.75) is 19.3 Å². The van der Waals surface area contributed by atoms with Crippen molar-refractivity contribution in [2.24, 2.45) is 0 Å². The Morgan fingerprint density at radius 3 is 2.76 bits per heavy atom. The van der Waals surface area contributed by atoms with E-state index in [0.29, 0.717) is 35.6 Å². The highest BCUT2D eigenvalue weighted by Gasteiger charge is 2.24. The number of nitrogens with zero attached hydrogens (tertiary/aromatic N) is 4. The van der Waals surface area contributed by atoms with Gasteiger partial charge in [0.1, 0.15) is 11.9 Å². The van der Waals surface area contributed by atoms with Gasteiger partial charge >= 0.3 is 0 Å². The molecule has 0 unspecified atom stereocenters. The predicted molar refractivity (Wildman–Crippen MR) is 106 cm³/mol. The second kappa shape index (κ2) is 7.35. The molecule has 29 heavy (non-hydrogen) atoms. The van der Waals surface area contributed by atoms with Crippen LogP contribution in [0, 0.1) is 0 Å². The molecule has 1 aliphatic rings. The van der Waals surface area contributed by atoms with E-state index in [0.717, 1.165) is 22.6 Å². The van der Waals surface area contributed by atoms with Crippen LogP contribution in [0.1, 0.15) is 17.4 Å². The molecule has 0 saturated heterocycles. The molecule has 0 fully saturated rings. The molecule has 4 aromatic rings. The predicted octanol–water partition coefficient (Wildman–Crippen LogP) is 4.53. The molecule has 8 heteroatoms. The molecular formula is C21H17ClN4O3. The standard InChI is InChI=1S/C21H17ClN4O3/c1-27-15-8-6-13(7-9-15)19-11-26-14(12-28-19)10-18(24-26)21-23-20(25-29-21)16-4-2-3-5-17(16)22/h2-10,19H,11-12H2,1H3/t19-/m1/s1. The van der Waals surface area contributed by atoms with Crippen molar-refractivity contribution < 1.29 is 14.0 Å². The van der Waals surface area contributed by atoms with Crippen LogP contribution in [0.5, 0.6) is 5.75 Å². The Labute approximate surface area is 171 Å². The Hall–Kier alpha value is -3.16. The fourth-order valence-corrected chi connectivity index (χ4v) is 3.55. The number of aromatic nitrogens is 4. The second-order valence-corrected chi connectivity index (χ2v) is 7.09. The lowest BCUT2D eigenvalue weighted by Gasteiger charge is -2.24. The number of hydrogen-bond donors (Lipinski definition) is 0. The van der Waals surface area contributed by atoms with Crippen molar-refractivity contribution in [3.8, 4) is 28.7 Å². The fourth-order valence-electron chi connectivity index (χ4n) is 3.33. The van der Waals surface area contributed by atoms with Gasteiger partial charge in [0.2, 0.25) is 5.82 Å². The molecule has 0 saturated carbocycles. The number of halogens is 1. The van der Waals surface area contributed by atoms with E-state index in [2.05, 4.69) is 15.2 Å². The average molecular weight is 409 g/mol. The number of ether oxygens (including phenoxy) is 2. The highest BCUT2D eigenvalue weighted by molar-refractivity contribution is 6.33. The minimum absolute atomic E-state index is 0.0810. The average Bonchev–Trinajstić information content (AvgIpc) is 3.40. The van der Waals surface area contributed by atoms with Crippen molar-refractivity contribution in [1.82, 2.24) is 19.9 Å². The zero-order valence-corrected chi connectivity index (χ0v) is 16.3. The molecular weight excluding hydrogens is 392 g/mol. The molecule has 7 nitrogen and oxygen atoms in total. The van der Waals surface area contributed by atoms with E-state index in [-0.39, 0.29) is 6.10 Å². The van der Waals surface area contributed by atoms with Crippen molar-refractivity contribution in [1.29, 1.82) is 0 Å². The maximum absolute atomic E-state index is 6.22. The largest absolute Gasteiger partial charge is 0.497 e. The van der Waals surface area contributed by atoms with Gasteiger partial charge in [0.25, 0.3) is 5.89 Å². The summed E-state index contributed by atoms with van der Waals surface area (Å²) in [6.07, 6.45) is -0.0810. The summed E-state index contributed by atoms with van der Waals surface area (Å²) in [4.78, 5) is 4.46. The Morgan fingerprint density at radius 2 is 1.97 bits per heavy atom. The fraction of sp³-hybridized carbons (Fsp3) is 0.190. The van der Waals surface area contributed by atoms with E-state index in [1.807, 2.05) is 53.2 Å². The SMILES string of the molecule is COc1ccc([C@H]2Cn3nc(-c4nc(-c5ccccc5Cl)no4)cc3CO2)cc1. The van der Waals surface area contributed by atoms with Crippen LogP contribution in [0.4, 0.5) is 0 Å². The highest BCUT2D eigenvalue weighted by Crippen LogP contribution is 2.31. The Kier molecular flexibility index (Phi) is 4.54. The number of benzene rings is 2. The molecule has 3 heterocycles. The zero-order chi connectivity index (χ0) is 19.8. The van der Waals surface area contributed by atoms with E-state index < -0.39 is 0 Å². The topological polar surface area (TPSA) is 75.2 Å². The van der Waals surface area contributed by atoms with Gasteiger partial charge in [0.15, 0.2) is 5.69 Å².